The Kier molecular flexibility index (Phi) is 1.74. The summed E-state index contributed by atoms with van der Waals surface area (Å²) in [6.07, 6.45) is 1.62. The molecule has 72 valence electrons. The van der Waals surface area contributed by atoms with Crippen LogP contribution in [-0.4, -0.2) is 16.2 Å². The number of aliphatic hydroxyl groups is 1. The van der Waals surface area contributed by atoms with Crippen molar-refractivity contribution in [1.82, 2.24) is 4.98 Å². The first-order chi connectivity index (χ1) is 6.06. The van der Waals surface area contributed by atoms with Gasteiger partial charge in [-0.2, -0.15) is 0 Å². The lowest BCUT2D eigenvalue weighted by Gasteiger charge is -2.13. The van der Waals surface area contributed by atoms with E-state index in [9.17, 15) is 5.11 Å². The average molecular weight is 181 g/mol. The molecule has 13 heavy (non-hydrogen) atoms. The third-order valence-corrected chi connectivity index (χ3v) is 3.04. The van der Waals surface area contributed by atoms with E-state index >= 15 is 0 Å². The number of rotatable bonds is 2. The molecule has 1 aromatic heterocycles. The van der Waals surface area contributed by atoms with Crippen molar-refractivity contribution in [1.29, 1.82) is 0 Å². The SMILES string of the molecule is Cc1nc(C2(C(C)O)CC2)oc1C. The quantitative estimate of drug-likeness (QED) is 0.755. The van der Waals surface area contributed by atoms with Crippen molar-refractivity contribution < 1.29 is 9.52 Å². The molecule has 3 nitrogen and oxygen atoms in total. The van der Waals surface area contributed by atoms with Gasteiger partial charge in [0.05, 0.1) is 17.2 Å². The maximum atomic E-state index is 9.60. The normalized spacial score (nSPS) is 21.5. The Hall–Kier alpha value is -0.830. The Labute approximate surface area is 77.8 Å². The predicted molar refractivity (Wildman–Crippen MR) is 48.6 cm³/mol. The van der Waals surface area contributed by atoms with Crippen LogP contribution >= 0.6 is 0 Å². The Morgan fingerprint density at radius 3 is 2.38 bits per heavy atom. The molecule has 3 heteroatoms. The molecule has 0 bridgehead atoms. The molecule has 2 rings (SSSR count). The predicted octanol–water partition coefficient (Wildman–Crippen LogP) is 1.70. The molecule has 1 unspecified atom stereocenters. The molecular formula is C10H15NO2. The fourth-order valence-corrected chi connectivity index (χ4v) is 1.63. The number of nitrogens with zero attached hydrogens (tertiary/aromatic N) is 1. The summed E-state index contributed by atoms with van der Waals surface area (Å²) in [6, 6.07) is 0. The van der Waals surface area contributed by atoms with Crippen molar-refractivity contribution in [3.63, 3.8) is 0 Å². The van der Waals surface area contributed by atoms with Crippen LogP contribution in [0.5, 0.6) is 0 Å². The van der Waals surface area contributed by atoms with Crippen LogP contribution < -0.4 is 0 Å². The van der Waals surface area contributed by atoms with Crippen molar-refractivity contribution >= 4 is 0 Å². The molecule has 1 fully saturated rings. The number of aryl methyl sites for hydroxylation is 2. The first-order valence-electron chi connectivity index (χ1n) is 4.69. The maximum Gasteiger partial charge on any atom is 0.203 e. The van der Waals surface area contributed by atoms with Crippen LogP contribution in [0, 0.1) is 13.8 Å². The van der Waals surface area contributed by atoms with Crippen LogP contribution in [0.2, 0.25) is 0 Å². The lowest BCUT2D eigenvalue weighted by Crippen LogP contribution is -2.22. The van der Waals surface area contributed by atoms with E-state index in [0.717, 1.165) is 30.2 Å². The van der Waals surface area contributed by atoms with Gasteiger partial charge in [-0.3, -0.25) is 0 Å². The van der Waals surface area contributed by atoms with E-state index in [0.29, 0.717) is 0 Å². The number of hydrogen-bond donors (Lipinski definition) is 1. The van der Waals surface area contributed by atoms with Gasteiger partial charge in [-0.25, -0.2) is 4.98 Å². The highest BCUT2D eigenvalue weighted by atomic mass is 16.4. The van der Waals surface area contributed by atoms with Crippen LogP contribution in [0.1, 0.15) is 37.1 Å². The van der Waals surface area contributed by atoms with E-state index in [1.54, 1.807) is 0 Å². The van der Waals surface area contributed by atoms with E-state index < -0.39 is 0 Å². The monoisotopic (exact) mass is 181 g/mol. The number of hydrogen-bond acceptors (Lipinski definition) is 3. The number of oxazole rings is 1. The molecule has 0 radical (unpaired) electrons. The minimum atomic E-state index is -0.357. The second kappa shape index (κ2) is 2.58. The van der Waals surface area contributed by atoms with E-state index in [2.05, 4.69) is 4.98 Å². The van der Waals surface area contributed by atoms with Gasteiger partial charge in [0.1, 0.15) is 5.76 Å². The summed E-state index contributed by atoms with van der Waals surface area (Å²) in [6.45, 7) is 5.65. The summed E-state index contributed by atoms with van der Waals surface area (Å²) in [4.78, 5) is 4.34. The molecule has 1 saturated carbocycles. The molecule has 1 aliphatic rings. The highest BCUT2D eigenvalue weighted by Gasteiger charge is 2.52. The minimum absolute atomic E-state index is 0.168. The van der Waals surface area contributed by atoms with Crippen LogP contribution in [0.3, 0.4) is 0 Å². The fraction of sp³-hybridized carbons (Fsp3) is 0.700. The average Bonchev–Trinajstić information content (AvgIpc) is 2.77. The molecule has 1 aliphatic carbocycles. The Morgan fingerprint density at radius 2 is 2.08 bits per heavy atom. The van der Waals surface area contributed by atoms with Gasteiger partial charge in [0.15, 0.2) is 0 Å². The molecule has 1 N–H and O–H groups in total. The van der Waals surface area contributed by atoms with Gasteiger partial charge in [0.25, 0.3) is 0 Å². The van der Waals surface area contributed by atoms with Crippen molar-refractivity contribution in [2.75, 3.05) is 0 Å². The second-order valence-corrected chi connectivity index (χ2v) is 3.99. The topological polar surface area (TPSA) is 46.3 Å². The standard InChI is InChI=1S/C10H15NO2/c1-6-7(2)13-9(11-6)10(4-5-10)8(3)12/h8,12H,4-5H2,1-3H3. The molecule has 1 atom stereocenters. The fourth-order valence-electron chi connectivity index (χ4n) is 1.63. The largest absolute Gasteiger partial charge is 0.445 e. The minimum Gasteiger partial charge on any atom is -0.445 e. The Morgan fingerprint density at radius 1 is 1.46 bits per heavy atom. The summed E-state index contributed by atoms with van der Waals surface area (Å²) < 4.78 is 5.53. The Bertz CT molecular complexity index is 304. The zero-order chi connectivity index (χ0) is 9.64. The smallest absolute Gasteiger partial charge is 0.203 e. The second-order valence-electron chi connectivity index (χ2n) is 3.99. The first kappa shape index (κ1) is 8.75. The summed E-state index contributed by atoms with van der Waals surface area (Å²) >= 11 is 0. The van der Waals surface area contributed by atoms with Crippen LogP contribution in [0.25, 0.3) is 0 Å². The zero-order valence-electron chi connectivity index (χ0n) is 8.29. The Balaban J connectivity index is 2.36. The zero-order valence-corrected chi connectivity index (χ0v) is 8.29. The molecule has 0 aromatic carbocycles. The van der Waals surface area contributed by atoms with E-state index in [1.807, 2.05) is 20.8 Å². The molecule has 0 saturated heterocycles. The summed E-state index contributed by atoms with van der Waals surface area (Å²) in [5, 5.41) is 9.60. The highest BCUT2D eigenvalue weighted by Crippen LogP contribution is 2.50. The van der Waals surface area contributed by atoms with Crippen molar-refractivity contribution in [3.05, 3.63) is 17.3 Å². The van der Waals surface area contributed by atoms with Gasteiger partial charge in [-0.05, 0) is 33.6 Å². The summed E-state index contributed by atoms with van der Waals surface area (Å²) in [5.41, 5.74) is 0.765. The summed E-state index contributed by atoms with van der Waals surface area (Å²) in [7, 11) is 0. The van der Waals surface area contributed by atoms with Gasteiger partial charge < -0.3 is 9.52 Å². The lowest BCUT2D eigenvalue weighted by atomic mass is 10.0. The summed E-state index contributed by atoms with van der Waals surface area (Å²) in [5.74, 6) is 1.58. The van der Waals surface area contributed by atoms with Crippen molar-refractivity contribution in [2.24, 2.45) is 0 Å². The maximum absolute atomic E-state index is 9.60. The highest BCUT2D eigenvalue weighted by molar-refractivity contribution is 5.21. The third-order valence-electron chi connectivity index (χ3n) is 3.04. The van der Waals surface area contributed by atoms with Gasteiger partial charge in [-0.15, -0.1) is 0 Å². The van der Waals surface area contributed by atoms with Crippen LogP contribution in [0.4, 0.5) is 0 Å². The molecule has 0 aliphatic heterocycles. The third kappa shape index (κ3) is 1.18. The van der Waals surface area contributed by atoms with E-state index in [-0.39, 0.29) is 11.5 Å². The molecule has 0 amide bonds. The van der Waals surface area contributed by atoms with Gasteiger partial charge in [-0.1, -0.05) is 0 Å². The van der Waals surface area contributed by atoms with Crippen LogP contribution in [0.15, 0.2) is 4.42 Å². The number of aromatic nitrogens is 1. The lowest BCUT2D eigenvalue weighted by molar-refractivity contribution is 0.135. The van der Waals surface area contributed by atoms with E-state index in [1.165, 1.54) is 0 Å². The molecule has 1 aromatic rings. The first-order valence-corrected chi connectivity index (χ1v) is 4.69. The van der Waals surface area contributed by atoms with Crippen molar-refractivity contribution in [2.45, 2.75) is 45.1 Å². The molecule has 0 spiro atoms. The number of aliphatic hydroxyl groups excluding tert-OH is 1. The van der Waals surface area contributed by atoms with Gasteiger partial charge in [0.2, 0.25) is 5.89 Å². The molecule has 1 heterocycles. The molecular weight excluding hydrogens is 166 g/mol. The van der Waals surface area contributed by atoms with Gasteiger partial charge >= 0.3 is 0 Å². The van der Waals surface area contributed by atoms with Crippen LogP contribution in [-0.2, 0) is 5.41 Å². The van der Waals surface area contributed by atoms with Gasteiger partial charge in [0, 0.05) is 0 Å². The van der Waals surface area contributed by atoms with Crippen molar-refractivity contribution in [3.8, 4) is 0 Å². The van der Waals surface area contributed by atoms with E-state index in [4.69, 9.17) is 4.42 Å².